The van der Waals surface area contributed by atoms with Gasteiger partial charge in [-0.25, -0.2) is 5.43 Å². The summed E-state index contributed by atoms with van der Waals surface area (Å²) < 4.78 is 49.9. The minimum Gasteiger partial charge on any atom is -0.490 e. The second kappa shape index (κ2) is 9.59. The van der Waals surface area contributed by atoms with Crippen molar-refractivity contribution in [2.75, 3.05) is 13.2 Å². The average Bonchev–Trinajstić information content (AvgIpc) is 2.64. The third-order valence-electron chi connectivity index (χ3n) is 3.48. The van der Waals surface area contributed by atoms with Crippen LogP contribution in [0.5, 0.6) is 11.5 Å². The number of ether oxygens (including phenoxy) is 2. The Balaban J connectivity index is 2.16. The van der Waals surface area contributed by atoms with E-state index in [0.717, 1.165) is 12.1 Å². The van der Waals surface area contributed by atoms with Crippen molar-refractivity contribution in [2.24, 2.45) is 5.10 Å². The van der Waals surface area contributed by atoms with Crippen molar-refractivity contribution in [1.82, 2.24) is 5.43 Å². The monoisotopic (exact) mass is 458 g/mol. The molecule has 150 valence electrons. The van der Waals surface area contributed by atoms with Gasteiger partial charge in [-0.1, -0.05) is 6.07 Å². The van der Waals surface area contributed by atoms with E-state index in [9.17, 15) is 18.0 Å². The van der Waals surface area contributed by atoms with Crippen LogP contribution >= 0.6 is 15.9 Å². The van der Waals surface area contributed by atoms with E-state index in [0.29, 0.717) is 34.7 Å². The molecule has 0 aliphatic rings. The van der Waals surface area contributed by atoms with E-state index in [2.05, 4.69) is 26.5 Å². The summed E-state index contributed by atoms with van der Waals surface area (Å²) in [6.45, 7) is 4.58. The second-order valence-corrected chi connectivity index (χ2v) is 6.32. The SMILES string of the molecule is CCOc1cc(Br)c(/C=N\NC(=O)c2cccc(C(F)(F)F)c2)cc1OCC. The quantitative estimate of drug-likeness (QED) is 0.467. The smallest absolute Gasteiger partial charge is 0.416 e. The minimum atomic E-state index is -4.53. The molecular formula is C19H18BrF3N2O3. The molecule has 28 heavy (non-hydrogen) atoms. The lowest BCUT2D eigenvalue weighted by molar-refractivity contribution is -0.137. The Hall–Kier alpha value is -2.55. The zero-order valence-corrected chi connectivity index (χ0v) is 16.7. The van der Waals surface area contributed by atoms with Crippen molar-refractivity contribution in [3.63, 3.8) is 0 Å². The summed E-state index contributed by atoms with van der Waals surface area (Å²) in [6.07, 6.45) is -3.17. The van der Waals surface area contributed by atoms with Gasteiger partial charge in [-0.3, -0.25) is 4.79 Å². The Morgan fingerprint density at radius 2 is 1.79 bits per heavy atom. The van der Waals surface area contributed by atoms with Gasteiger partial charge < -0.3 is 9.47 Å². The summed E-state index contributed by atoms with van der Waals surface area (Å²) in [7, 11) is 0. The van der Waals surface area contributed by atoms with Crippen LogP contribution in [0.15, 0.2) is 46.0 Å². The van der Waals surface area contributed by atoms with Crippen LogP contribution in [-0.4, -0.2) is 25.3 Å². The fourth-order valence-electron chi connectivity index (χ4n) is 2.25. The van der Waals surface area contributed by atoms with E-state index in [1.54, 1.807) is 12.1 Å². The van der Waals surface area contributed by atoms with E-state index >= 15 is 0 Å². The molecule has 0 aliphatic heterocycles. The van der Waals surface area contributed by atoms with Gasteiger partial charge in [0.2, 0.25) is 0 Å². The molecule has 0 aromatic heterocycles. The predicted molar refractivity (Wildman–Crippen MR) is 103 cm³/mol. The lowest BCUT2D eigenvalue weighted by atomic mass is 10.1. The average molecular weight is 459 g/mol. The third-order valence-corrected chi connectivity index (χ3v) is 4.17. The molecule has 0 heterocycles. The van der Waals surface area contributed by atoms with Gasteiger partial charge in [0.15, 0.2) is 11.5 Å². The molecule has 1 N–H and O–H groups in total. The van der Waals surface area contributed by atoms with Crippen molar-refractivity contribution < 1.29 is 27.4 Å². The maximum Gasteiger partial charge on any atom is 0.416 e. The van der Waals surface area contributed by atoms with E-state index in [4.69, 9.17) is 9.47 Å². The molecule has 2 rings (SSSR count). The molecule has 2 aromatic rings. The predicted octanol–water partition coefficient (Wildman–Crippen LogP) is 5.03. The van der Waals surface area contributed by atoms with E-state index < -0.39 is 17.6 Å². The fourth-order valence-corrected chi connectivity index (χ4v) is 2.67. The standard InChI is InChI=1S/C19H18BrF3N2O3/c1-3-27-16-9-13(15(20)10-17(16)28-4-2)11-24-25-18(26)12-6-5-7-14(8-12)19(21,22)23/h5-11H,3-4H2,1-2H3,(H,25,26)/b24-11-. The molecule has 0 radical (unpaired) electrons. The number of benzene rings is 2. The first kappa shape index (κ1) is 21.7. The van der Waals surface area contributed by atoms with Gasteiger partial charge >= 0.3 is 6.18 Å². The summed E-state index contributed by atoms with van der Waals surface area (Å²) in [6, 6.07) is 7.50. The minimum absolute atomic E-state index is 0.146. The largest absolute Gasteiger partial charge is 0.490 e. The molecule has 1 amide bonds. The molecule has 0 unspecified atom stereocenters. The van der Waals surface area contributed by atoms with Gasteiger partial charge in [-0.15, -0.1) is 0 Å². The number of alkyl halides is 3. The number of halogens is 4. The van der Waals surface area contributed by atoms with E-state index in [-0.39, 0.29) is 5.56 Å². The fraction of sp³-hybridized carbons (Fsp3) is 0.263. The highest BCUT2D eigenvalue weighted by Gasteiger charge is 2.30. The molecule has 0 fully saturated rings. The van der Waals surface area contributed by atoms with Crippen LogP contribution in [0.1, 0.15) is 35.3 Å². The molecule has 0 spiro atoms. The Morgan fingerprint density at radius 3 is 2.39 bits per heavy atom. The number of hydrogen-bond donors (Lipinski definition) is 1. The Bertz CT molecular complexity index is 870. The number of nitrogens with zero attached hydrogens (tertiary/aromatic N) is 1. The van der Waals surface area contributed by atoms with Crippen molar-refractivity contribution in [1.29, 1.82) is 0 Å². The first-order valence-corrected chi connectivity index (χ1v) is 9.15. The molecule has 0 atom stereocenters. The lowest BCUT2D eigenvalue weighted by Crippen LogP contribution is -2.18. The molecule has 9 heteroatoms. The number of hydrogen-bond acceptors (Lipinski definition) is 4. The van der Waals surface area contributed by atoms with Crippen LogP contribution < -0.4 is 14.9 Å². The topological polar surface area (TPSA) is 59.9 Å². The molecule has 0 saturated carbocycles. The second-order valence-electron chi connectivity index (χ2n) is 5.46. The van der Waals surface area contributed by atoms with Crippen LogP contribution in [0.2, 0.25) is 0 Å². The third kappa shape index (κ3) is 5.72. The van der Waals surface area contributed by atoms with Gasteiger partial charge in [0.1, 0.15) is 0 Å². The number of hydrazone groups is 1. The molecule has 0 bridgehead atoms. The maximum absolute atomic E-state index is 12.7. The van der Waals surface area contributed by atoms with Crippen LogP contribution in [0.3, 0.4) is 0 Å². The van der Waals surface area contributed by atoms with E-state index in [1.807, 2.05) is 13.8 Å². The van der Waals surface area contributed by atoms with Crippen molar-refractivity contribution in [2.45, 2.75) is 20.0 Å². The highest BCUT2D eigenvalue weighted by Crippen LogP contribution is 2.33. The first-order chi connectivity index (χ1) is 13.3. The number of nitrogens with one attached hydrogen (secondary N) is 1. The van der Waals surface area contributed by atoms with Gasteiger partial charge in [-0.05, 0) is 60.1 Å². The van der Waals surface area contributed by atoms with Gasteiger partial charge in [0.05, 0.1) is 25.0 Å². The van der Waals surface area contributed by atoms with Crippen LogP contribution in [-0.2, 0) is 6.18 Å². The van der Waals surface area contributed by atoms with E-state index in [1.165, 1.54) is 18.3 Å². The summed E-state index contributed by atoms with van der Waals surface area (Å²) in [4.78, 5) is 12.1. The van der Waals surface area contributed by atoms with Crippen molar-refractivity contribution in [3.8, 4) is 11.5 Å². The van der Waals surface area contributed by atoms with Gasteiger partial charge in [0.25, 0.3) is 5.91 Å². The zero-order chi connectivity index (χ0) is 20.7. The highest BCUT2D eigenvalue weighted by atomic mass is 79.9. The molecular weight excluding hydrogens is 441 g/mol. The highest BCUT2D eigenvalue weighted by molar-refractivity contribution is 9.10. The first-order valence-electron chi connectivity index (χ1n) is 8.36. The summed E-state index contributed by atoms with van der Waals surface area (Å²) in [5.74, 6) is 0.314. The molecule has 0 saturated heterocycles. The van der Waals surface area contributed by atoms with Crippen LogP contribution in [0.4, 0.5) is 13.2 Å². The number of rotatable bonds is 7. The molecule has 5 nitrogen and oxygen atoms in total. The van der Waals surface area contributed by atoms with Gasteiger partial charge in [-0.2, -0.15) is 18.3 Å². The van der Waals surface area contributed by atoms with Crippen LogP contribution in [0.25, 0.3) is 0 Å². The molecule has 2 aromatic carbocycles. The van der Waals surface area contributed by atoms with Crippen molar-refractivity contribution >= 4 is 28.1 Å². The Kier molecular flexibility index (Phi) is 7.45. The van der Waals surface area contributed by atoms with Gasteiger partial charge in [0, 0.05) is 15.6 Å². The Labute approximate surface area is 168 Å². The summed E-state index contributed by atoms with van der Waals surface area (Å²) in [5, 5.41) is 3.82. The maximum atomic E-state index is 12.7. The van der Waals surface area contributed by atoms with Crippen molar-refractivity contribution in [3.05, 3.63) is 57.6 Å². The normalized spacial score (nSPS) is 11.5. The summed E-state index contributed by atoms with van der Waals surface area (Å²) >= 11 is 3.38. The Morgan fingerprint density at radius 1 is 1.14 bits per heavy atom. The summed E-state index contributed by atoms with van der Waals surface area (Å²) in [5.41, 5.74) is 1.76. The zero-order valence-electron chi connectivity index (χ0n) is 15.1. The number of carbonyl (C=O) groups excluding carboxylic acids is 1. The molecule has 0 aliphatic carbocycles. The lowest BCUT2D eigenvalue weighted by Gasteiger charge is -2.12. The number of carbonyl (C=O) groups is 1. The number of amides is 1. The van der Waals surface area contributed by atoms with Crippen LogP contribution in [0, 0.1) is 0 Å².